The van der Waals surface area contributed by atoms with Crippen molar-refractivity contribution in [1.29, 1.82) is 0 Å². The van der Waals surface area contributed by atoms with Gasteiger partial charge in [0, 0.05) is 0 Å². The van der Waals surface area contributed by atoms with Gasteiger partial charge >= 0.3 is 0 Å². The maximum Gasteiger partial charge on any atom is 0.261 e. The quantitative estimate of drug-likeness (QED) is 0.651. The molecule has 0 radical (unpaired) electrons. The van der Waals surface area contributed by atoms with Crippen LogP contribution in [0.1, 0.15) is 5.69 Å². The van der Waals surface area contributed by atoms with Crippen LogP contribution in [0.15, 0.2) is 0 Å². The fourth-order valence-corrected chi connectivity index (χ4v) is 2.72. The second-order valence-corrected chi connectivity index (χ2v) is 5.48. The van der Waals surface area contributed by atoms with Crippen molar-refractivity contribution in [1.82, 2.24) is 29.9 Å². The zero-order valence-electron chi connectivity index (χ0n) is 13.4. The number of hydrogen-bond acceptors (Lipinski definition) is 9. The van der Waals surface area contributed by atoms with Gasteiger partial charge in [-0.3, -0.25) is 0 Å². The lowest BCUT2D eigenvalue weighted by Gasteiger charge is -2.15. The second kappa shape index (κ2) is 6.73. The highest BCUT2D eigenvalue weighted by atomic mass is 35.5. The molecule has 0 atom stereocenters. The smallest absolute Gasteiger partial charge is 0.261 e. The molecule has 0 saturated heterocycles. The topological polar surface area (TPSA) is 123 Å². The van der Waals surface area contributed by atoms with Crippen LogP contribution in [0.5, 0.6) is 17.4 Å². The highest BCUT2D eigenvalue weighted by Gasteiger charge is 2.22. The summed E-state index contributed by atoms with van der Waals surface area (Å²) < 4.78 is 17.2. The average molecular weight is 386 g/mol. The Morgan fingerprint density at radius 3 is 2.36 bits per heavy atom. The predicted octanol–water partition coefficient (Wildman–Crippen LogP) is 1.58. The van der Waals surface area contributed by atoms with Gasteiger partial charge in [0.1, 0.15) is 5.02 Å². The molecule has 2 N–H and O–H groups in total. The van der Waals surface area contributed by atoms with Gasteiger partial charge in [-0.15, -0.1) is 5.10 Å². The van der Waals surface area contributed by atoms with Crippen LogP contribution < -0.4 is 19.9 Å². The molecule has 3 aromatic rings. The number of aromatic nitrogens is 6. The number of pyridine rings is 1. The minimum atomic E-state index is 0.00463. The Morgan fingerprint density at radius 1 is 1.00 bits per heavy atom. The lowest BCUT2D eigenvalue weighted by atomic mass is 10.3. The SMILES string of the molecule is COc1nc(Cn2nnc3c(Cl)nc(N)nc32)c(Cl)c(OC)c1OC. The number of nitrogens with zero attached hydrogens (tertiary/aromatic N) is 6. The van der Waals surface area contributed by atoms with Crippen molar-refractivity contribution < 1.29 is 14.2 Å². The van der Waals surface area contributed by atoms with Gasteiger partial charge < -0.3 is 19.9 Å². The van der Waals surface area contributed by atoms with Crippen LogP contribution in [0.4, 0.5) is 5.95 Å². The van der Waals surface area contributed by atoms with Gasteiger partial charge in [-0.05, 0) is 0 Å². The number of fused-ring (bicyclic) bond motifs is 1. The van der Waals surface area contributed by atoms with Gasteiger partial charge in [-0.1, -0.05) is 28.4 Å². The highest BCUT2D eigenvalue weighted by molar-refractivity contribution is 6.33. The first-order chi connectivity index (χ1) is 12.0. The molecule has 0 aliphatic carbocycles. The molecule has 0 aliphatic heterocycles. The Hall–Kier alpha value is -2.59. The average Bonchev–Trinajstić information content (AvgIpc) is 2.99. The predicted molar refractivity (Wildman–Crippen MR) is 90.5 cm³/mol. The van der Waals surface area contributed by atoms with E-state index >= 15 is 0 Å². The molecule has 0 spiro atoms. The molecule has 12 heteroatoms. The zero-order chi connectivity index (χ0) is 18.1. The fourth-order valence-electron chi connectivity index (χ4n) is 2.24. The zero-order valence-corrected chi connectivity index (χ0v) is 15.0. The molecule has 0 saturated carbocycles. The molecule has 25 heavy (non-hydrogen) atoms. The molecule has 3 heterocycles. The Morgan fingerprint density at radius 2 is 1.72 bits per heavy atom. The number of methoxy groups -OCH3 is 3. The van der Waals surface area contributed by atoms with Crippen LogP contribution in [-0.4, -0.2) is 51.3 Å². The largest absolute Gasteiger partial charge is 0.491 e. The lowest BCUT2D eigenvalue weighted by molar-refractivity contribution is 0.314. The summed E-state index contributed by atoms with van der Waals surface area (Å²) >= 11 is 12.4. The normalized spacial score (nSPS) is 10.9. The van der Waals surface area contributed by atoms with Crippen LogP contribution in [0.2, 0.25) is 10.2 Å². The third-order valence-corrected chi connectivity index (χ3v) is 3.98. The second-order valence-electron chi connectivity index (χ2n) is 4.74. The Bertz CT molecular complexity index is 947. The molecule has 0 fully saturated rings. The number of nitrogens with two attached hydrogens (primary N) is 1. The fraction of sp³-hybridized carbons (Fsp3) is 0.308. The van der Waals surface area contributed by atoms with Gasteiger partial charge in [0.25, 0.3) is 5.88 Å². The molecule has 0 aromatic carbocycles. The van der Waals surface area contributed by atoms with E-state index in [9.17, 15) is 0 Å². The first-order valence-corrected chi connectivity index (χ1v) is 7.62. The summed E-state index contributed by atoms with van der Waals surface area (Å²) in [6, 6.07) is 0. The molecule has 0 amide bonds. The van der Waals surface area contributed by atoms with Gasteiger partial charge in [0.2, 0.25) is 11.7 Å². The van der Waals surface area contributed by atoms with Crippen molar-refractivity contribution in [2.45, 2.75) is 6.54 Å². The van der Waals surface area contributed by atoms with Crippen LogP contribution in [0.25, 0.3) is 11.2 Å². The summed E-state index contributed by atoms with van der Waals surface area (Å²) in [7, 11) is 4.39. The third kappa shape index (κ3) is 2.94. The summed E-state index contributed by atoms with van der Waals surface area (Å²) in [6.07, 6.45) is 0. The number of anilines is 1. The Balaban J connectivity index is 2.12. The van der Waals surface area contributed by atoms with Crippen molar-refractivity contribution in [2.75, 3.05) is 27.1 Å². The van der Waals surface area contributed by atoms with Crippen molar-refractivity contribution in [3.8, 4) is 17.4 Å². The van der Waals surface area contributed by atoms with Gasteiger partial charge in [-0.25, -0.2) is 9.67 Å². The monoisotopic (exact) mass is 385 g/mol. The molecule has 0 unspecified atom stereocenters. The van der Waals surface area contributed by atoms with Crippen LogP contribution in [0.3, 0.4) is 0 Å². The van der Waals surface area contributed by atoms with Crippen LogP contribution >= 0.6 is 23.2 Å². The Labute approximate surface area is 151 Å². The van der Waals surface area contributed by atoms with E-state index in [0.29, 0.717) is 22.6 Å². The molecule has 0 bridgehead atoms. The summed E-state index contributed by atoms with van der Waals surface area (Å²) in [6.45, 7) is 0.124. The van der Waals surface area contributed by atoms with Gasteiger partial charge in [0.05, 0.1) is 33.6 Å². The molecular weight excluding hydrogens is 373 g/mol. The minimum absolute atomic E-state index is 0.00463. The van der Waals surface area contributed by atoms with E-state index in [0.717, 1.165) is 0 Å². The molecule has 3 rings (SSSR count). The van der Waals surface area contributed by atoms with E-state index < -0.39 is 0 Å². The minimum Gasteiger partial charge on any atom is -0.491 e. The van der Waals surface area contributed by atoms with E-state index in [2.05, 4.69) is 25.3 Å². The molecular formula is C13H13Cl2N7O3. The maximum absolute atomic E-state index is 6.38. The van der Waals surface area contributed by atoms with E-state index in [-0.39, 0.29) is 34.3 Å². The maximum atomic E-state index is 6.38. The number of nitrogen functional groups attached to an aromatic ring is 1. The summed E-state index contributed by atoms with van der Waals surface area (Å²) in [5, 5.41) is 8.30. The van der Waals surface area contributed by atoms with Crippen LogP contribution in [0, 0.1) is 0 Å². The summed E-state index contributed by atoms with van der Waals surface area (Å²) in [5.74, 6) is 0.805. The van der Waals surface area contributed by atoms with Crippen molar-refractivity contribution in [3.63, 3.8) is 0 Å². The van der Waals surface area contributed by atoms with E-state index in [4.69, 9.17) is 43.1 Å². The standard InChI is InChI=1S/C13H13Cl2N7O3/c1-23-8-6(14)5(17-12(25-3)9(8)24-2)4-22-11-7(20-21-22)10(15)18-13(16)19-11/h4H2,1-3H3,(H2,16,18,19). The molecule has 3 aromatic heterocycles. The van der Waals surface area contributed by atoms with E-state index in [1.54, 1.807) is 0 Å². The number of halogens is 2. The van der Waals surface area contributed by atoms with E-state index in [1.165, 1.54) is 26.0 Å². The number of ether oxygens (including phenoxy) is 3. The first kappa shape index (κ1) is 17.2. The molecule has 10 nitrogen and oxygen atoms in total. The molecule has 0 aliphatic rings. The summed E-state index contributed by atoms with van der Waals surface area (Å²) in [4.78, 5) is 12.3. The van der Waals surface area contributed by atoms with Crippen LogP contribution in [-0.2, 0) is 6.54 Å². The number of hydrogen-bond donors (Lipinski definition) is 1. The summed E-state index contributed by atoms with van der Waals surface area (Å²) in [5.41, 5.74) is 6.71. The highest BCUT2D eigenvalue weighted by Crippen LogP contribution is 2.42. The van der Waals surface area contributed by atoms with Gasteiger partial charge in [-0.2, -0.15) is 9.97 Å². The molecule has 132 valence electrons. The Kier molecular flexibility index (Phi) is 4.64. The van der Waals surface area contributed by atoms with E-state index in [1.807, 2.05) is 0 Å². The van der Waals surface area contributed by atoms with Gasteiger partial charge in [0.15, 0.2) is 22.1 Å². The van der Waals surface area contributed by atoms with Crippen molar-refractivity contribution in [3.05, 3.63) is 15.9 Å². The lowest BCUT2D eigenvalue weighted by Crippen LogP contribution is -2.09. The first-order valence-electron chi connectivity index (χ1n) is 6.86. The third-order valence-electron chi connectivity index (χ3n) is 3.33. The number of rotatable bonds is 5. The van der Waals surface area contributed by atoms with Crippen molar-refractivity contribution >= 4 is 40.3 Å². The van der Waals surface area contributed by atoms with Crippen molar-refractivity contribution in [2.24, 2.45) is 0 Å².